The van der Waals surface area contributed by atoms with Crippen molar-refractivity contribution in [1.29, 1.82) is 0 Å². The zero-order valence-electron chi connectivity index (χ0n) is 13.9. The fraction of sp³-hybridized carbons (Fsp3) is 0.294. The Morgan fingerprint density at radius 3 is 2.84 bits per heavy atom. The second kappa shape index (κ2) is 7.20. The molecular formula is C17H18N4O3S. The molecular weight excluding hydrogens is 340 g/mol. The van der Waals surface area contributed by atoms with E-state index in [0.29, 0.717) is 17.3 Å². The third kappa shape index (κ3) is 3.80. The summed E-state index contributed by atoms with van der Waals surface area (Å²) in [7, 11) is 0. The van der Waals surface area contributed by atoms with Gasteiger partial charge in [0.1, 0.15) is 0 Å². The first-order chi connectivity index (χ1) is 12.0. The average molecular weight is 358 g/mol. The molecule has 0 bridgehead atoms. The van der Waals surface area contributed by atoms with Crippen molar-refractivity contribution >= 4 is 28.5 Å². The Hall–Kier alpha value is -2.45. The monoisotopic (exact) mass is 358 g/mol. The zero-order chi connectivity index (χ0) is 18.0. The van der Waals surface area contributed by atoms with Crippen molar-refractivity contribution < 1.29 is 10.0 Å². The minimum atomic E-state index is -0.675. The van der Waals surface area contributed by atoms with E-state index in [2.05, 4.69) is 16.0 Å². The van der Waals surface area contributed by atoms with Crippen molar-refractivity contribution in [3.05, 3.63) is 58.0 Å². The third-order valence-electron chi connectivity index (χ3n) is 4.00. The number of pyridine rings is 1. The van der Waals surface area contributed by atoms with E-state index in [1.54, 1.807) is 6.33 Å². The quantitative estimate of drug-likeness (QED) is 0.413. The second-order valence-electron chi connectivity index (χ2n) is 5.87. The van der Waals surface area contributed by atoms with Gasteiger partial charge >= 0.3 is 5.69 Å². The van der Waals surface area contributed by atoms with E-state index >= 15 is 0 Å². The maximum Gasteiger partial charge on any atom is 0.301 e. The summed E-state index contributed by atoms with van der Waals surface area (Å²) >= 11 is 1.18. The van der Waals surface area contributed by atoms with Crippen molar-refractivity contribution in [3.63, 3.8) is 0 Å². The molecule has 8 heteroatoms. The van der Waals surface area contributed by atoms with Crippen LogP contribution in [0.25, 0.3) is 11.0 Å². The van der Waals surface area contributed by atoms with E-state index in [-0.39, 0.29) is 5.69 Å². The Morgan fingerprint density at radius 1 is 1.32 bits per heavy atom. The molecule has 0 aliphatic carbocycles. The zero-order valence-corrected chi connectivity index (χ0v) is 14.7. The first-order valence-electron chi connectivity index (χ1n) is 7.78. The number of imidazole rings is 1. The van der Waals surface area contributed by atoms with Gasteiger partial charge in [0.05, 0.1) is 34.9 Å². The molecule has 0 aliphatic rings. The van der Waals surface area contributed by atoms with Gasteiger partial charge < -0.3 is 9.67 Å². The van der Waals surface area contributed by atoms with Crippen molar-refractivity contribution in [3.8, 4) is 0 Å². The van der Waals surface area contributed by atoms with Crippen LogP contribution in [-0.4, -0.2) is 36.4 Å². The molecule has 0 saturated heterocycles. The fourth-order valence-corrected chi connectivity index (χ4v) is 3.43. The number of hydrogen-bond acceptors (Lipinski definition) is 6. The number of aliphatic hydroxyl groups is 1. The molecule has 0 amide bonds. The topological polar surface area (TPSA) is 94.1 Å². The number of aromatic nitrogens is 3. The van der Waals surface area contributed by atoms with Crippen molar-refractivity contribution in [2.45, 2.75) is 31.5 Å². The molecule has 1 aromatic carbocycles. The molecule has 0 fully saturated rings. The lowest BCUT2D eigenvalue weighted by atomic mass is 10.1. The molecule has 1 N–H and O–H groups in total. The summed E-state index contributed by atoms with van der Waals surface area (Å²) in [6.45, 7) is 4.45. The Kier molecular flexibility index (Phi) is 5.00. The third-order valence-corrected chi connectivity index (χ3v) is 5.14. The number of fused-ring (bicyclic) bond motifs is 1. The van der Waals surface area contributed by atoms with E-state index in [1.165, 1.54) is 41.2 Å². The Balaban J connectivity index is 1.70. The maximum atomic E-state index is 11.0. The van der Waals surface area contributed by atoms with E-state index in [4.69, 9.17) is 0 Å². The fourth-order valence-electron chi connectivity index (χ4n) is 2.55. The van der Waals surface area contributed by atoms with E-state index in [1.807, 2.05) is 24.5 Å². The van der Waals surface area contributed by atoms with Crippen LogP contribution >= 0.6 is 11.8 Å². The summed E-state index contributed by atoms with van der Waals surface area (Å²) in [5.41, 5.74) is 4.16. The van der Waals surface area contributed by atoms with Gasteiger partial charge in [0.2, 0.25) is 0 Å². The Bertz CT molecular complexity index is 925. The number of benzene rings is 1. The van der Waals surface area contributed by atoms with Crippen LogP contribution in [0.1, 0.15) is 11.1 Å². The second-order valence-corrected chi connectivity index (χ2v) is 6.88. The van der Waals surface area contributed by atoms with Gasteiger partial charge in [0.15, 0.2) is 5.03 Å². The number of nitro groups is 1. The molecule has 130 valence electrons. The SMILES string of the molecule is Cc1cc2ncn(CC(O)CSc3ncccc3[N+](=O)[O-])c2cc1C. The summed E-state index contributed by atoms with van der Waals surface area (Å²) in [5, 5.41) is 21.6. The highest BCUT2D eigenvalue weighted by Crippen LogP contribution is 2.27. The van der Waals surface area contributed by atoms with Crippen LogP contribution < -0.4 is 0 Å². The number of aryl methyl sites for hydroxylation is 2. The van der Waals surface area contributed by atoms with Crippen molar-refractivity contribution in [2.75, 3.05) is 5.75 Å². The highest BCUT2D eigenvalue weighted by atomic mass is 32.2. The number of aliphatic hydroxyl groups excluding tert-OH is 1. The summed E-state index contributed by atoms with van der Waals surface area (Å²) in [6.07, 6.45) is 2.54. The number of hydrogen-bond donors (Lipinski definition) is 1. The molecule has 1 unspecified atom stereocenters. The molecule has 3 aromatic rings. The summed E-state index contributed by atoms with van der Waals surface area (Å²) in [5.74, 6) is 0.308. The molecule has 25 heavy (non-hydrogen) atoms. The molecule has 2 heterocycles. The first kappa shape index (κ1) is 17.4. The molecule has 3 rings (SSSR count). The molecule has 2 aromatic heterocycles. The summed E-state index contributed by atoms with van der Waals surface area (Å²) < 4.78 is 1.90. The van der Waals surface area contributed by atoms with Gasteiger partial charge in [-0.1, -0.05) is 11.8 Å². The predicted molar refractivity (Wildman–Crippen MR) is 96.8 cm³/mol. The lowest BCUT2D eigenvalue weighted by Gasteiger charge is -2.12. The molecule has 1 atom stereocenters. The molecule has 0 spiro atoms. The average Bonchev–Trinajstić information content (AvgIpc) is 2.95. The van der Waals surface area contributed by atoms with E-state index < -0.39 is 11.0 Å². The molecule has 0 saturated carbocycles. The van der Waals surface area contributed by atoms with Gasteiger partial charge in [-0.15, -0.1) is 0 Å². The van der Waals surface area contributed by atoms with Crippen LogP contribution in [-0.2, 0) is 6.54 Å². The first-order valence-corrected chi connectivity index (χ1v) is 8.76. The van der Waals surface area contributed by atoms with Gasteiger partial charge in [0, 0.05) is 18.0 Å². The molecule has 0 aliphatic heterocycles. The van der Waals surface area contributed by atoms with Crippen LogP contribution in [0.2, 0.25) is 0 Å². The van der Waals surface area contributed by atoms with Crippen LogP contribution in [0.15, 0.2) is 41.8 Å². The smallest absolute Gasteiger partial charge is 0.301 e. The predicted octanol–water partition coefficient (Wildman–Crippen LogP) is 3.11. The van der Waals surface area contributed by atoms with Gasteiger partial charge in [-0.25, -0.2) is 9.97 Å². The van der Waals surface area contributed by atoms with Crippen molar-refractivity contribution in [1.82, 2.24) is 14.5 Å². The van der Waals surface area contributed by atoms with Crippen molar-refractivity contribution in [2.24, 2.45) is 0 Å². The summed E-state index contributed by atoms with van der Waals surface area (Å²) in [6, 6.07) is 7.03. The lowest BCUT2D eigenvalue weighted by molar-refractivity contribution is -0.388. The van der Waals surface area contributed by atoms with Crippen LogP contribution in [0.3, 0.4) is 0 Å². The summed E-state index contributed by atoms with van der Waals surface area (Å²) in [4.78, 5) is 18.9. The lowest BCUT2D eigenvalue weighted by Crippen LogP contribution is -2.18. The van der Waals surface area contributed by atoms with E-state index in [0.717, 1.165) is 11.0 Å². The Morgan fingerprint density at radius 2 is 2.08 bits per heavy atom. The molecule has 0 radical (unpaired) electrons. The highest BCUT2D eigenvalue weighted by Gasteiger charge is 2.17. The van der Waals surface area contributed by atoms with Gasteiger partial charge in [-0.2, -0.15) is 0 Å². The number of thioether (sulfide) groups is 1. The van der Waals surface area contributed by atoms with E-state index in [9.17, 15) is 15.2 Å². The van der Waals surface area contributed by atoms with Crippen LogP contribution in [0, 0.1) is 24.0 Å². The van der Waals surface area contributed by atoms with Gasteiger partial charge in [0.25, 0.3) is 0 Å². The maximum absolute atomic E-state index is 11.0. The standard InChI is InChI=1S/C17H18N4O3S/c1-11-6-14-16(7-12(11)2)20(10-19-14)8-13(22)9-25-17-15(21(23)24)4-3-5-18-17/h3-7,10,13,22H,8-9H2,1-2H3. The largest absolute Gasteiger partial charge is 0.390 e. The minimum Gasteiger partial charge on any atom is -0.390 e. The van der Waals surface area contributed by atoms with Gasteiger partial charge in [-0.3, -0.25) is 10.1 Å². The normalized spacial score (nSPS) is 12.4. The van der Waals surface area contributed by atoms with Gasteiger partial charge in [-0.05, 0) is 43.2 Å². The van der Waals surface area contributed by atoms with Crippen LogP contribution in [0.5, 0.6) is 0 Å². The number of nitrogens with zero attached hydrogens (tertiary/aromatic N) is 4. The number of rotatable bonds is 6. The van der Waals surface area contributed by atoms with Crippen LogP contribution in [0.4, 0.5) is 5.69 Å². The minimum absolute atomic E-state index is 0.0427. The highest BCUT2D eigenvalue weighted by molar-refractivity contribution is 7.99. The molecule has 7 nitrogen and oxygen atoms in total. The Labute approximate surface area is 148 Å².